The van der Waals surface area contributed by atoms with Crippen molar-refractivity contribution < 1.29 is 23.7 Å². The molecule has 8 nitrogen and oxygen atoms in total. The molecule has 2 N–H and O–H groups in total. The molecule has 2 amide bonds. The Morgan fingerprint density at radius 1 is 1.09 bits per heavy atom. The summed E-state index contributed by atoms with van der Waals surface area (Å²) in [5.74, 6) is 0.302. The minimum absolute atomic E-state index is 0.0124. The summed E-state index contributed by atoms with van der Waals surface area (Å²) in [6.45, 7) is 11.2. The summed E-state index contributed by atoms with van der Waals surface area (Å²) in [5.41, 5.74) is 0.284. The number of amides is 2. The smallest absolute Gasteiger partial charge is 0.404 e. The van der Waals surface area contributed by atoms with Crippen LogP contribution in [-0.4, -0.2) is 54.4 Å². The van der Waals surface area contributed by atoms with Gasteiger partial charge in [-0.15, -0.1) is 0 Å². The highest BCUT2D eigenvalue weighted by atomic mass is 35.5. The lowest BCUT2D eigenvalue weighted by Crippen LogP contribution is -2.65. The lowest BCUT2D eigenvalue weighted by Gasteiger charge is -2.64. The monoisotopic (exact) mass is 653 g/mol. The Bertz CT molecular complexity index is 1490. The van der Waals surface area contributed by atoms with Crippen LogP contribution in [0.4, 0.5) is 0 Å². The van der Waals surface area contributed by atoms with E-state index in [1.807, 2.05) is 30.3 Å². The molecule has 3 aliphatic carbocycles. The van der Waals surface area contributed by atoms with E-state index in [9.17, 15) is 9.59 Å². The second-order valence-corrected chi connectivity index (χ2v) is 15.3. The fourth-order valence-electron chi connectivity index (χ4n) is 7.93. The van der Waals surface area contributed by atoms with Crippen LogP contribution in [0.25, 0.3) is 0 Å². The van der Waals surface area contributed by atoms with Gasteiger partial charge in [0.1, 0.15) is 0 Å². The molecule has 0 radical (unpaired) electrons. The maximum absolute atomic E-state index is 14.3. The third-order valence-corrected chi connectivity index (χ3v) is 11.1. The molecule has 45 heavy (non-hydrogen) atoms. The number of benzene rings is 2. The van der Waals surface area contributed by atoms with Crippen molar-refractivity contribution in [3.63, 3.8) is 0 Å². The third-order valence-electron chi connectivity index (χ3n) is 10.6. The maximum Gasteiger partial charge on any atom is 0.481 e. The van der Waals surface area contributed by atoms with Gasteiger partial charge in [-0.05, 0) is 73.1 Å². The highest BCUT2D eigenvalue weighted by Crippen LogP contribution is 2.65. The van der Waals surface area contributed by atoms with Gasteiger partial charge in [0, 0.05) is 17.9 Å². The number of hydrogen-bond donors (Lipinski definition) is 2. The lowest BCUT2D eigenvalue weighted by molar-refractivity contribution is -0.199. The molecule has 1 saturated heterocycles. The number of nitrogens with zero attached hydrogens (tertiary/aromatic N) is 1. The van der Waals surface area contributed by atoms with E-state index in [1.165, 1.54) is 6.07 Å². The van der Waals surface area contributed by atoms with Crippen LogP contribution in [0.3, 0.4) is 0 Å². The van der Waals surface area contributed by atoms with E-state index in [0.29, 0.717) is 40.4 Å². The molecule has 4 fully saturated rings. The molecule has 240 valence electrons. The van der Waals surface area contributed by atoms with Crippen molar-refractivity contribution in [2.45, 2.75) is 90.0 Å². The number of oxime groups is 1. The van der Waals surface area contributed by atoms with E-state index in [0.717, 1.165) is 18.4 Å². The number of nitrogens with one attached hydrogen (secondary N) is 2. The highest BCUT2D eigenvalue weighted by Gasteiger charge is 2.68. The molecule has 1 unspecified atom stereocenters. The standard InChI is InChI=1S/C34H42BCl2N3O5/c1-20(2)13-29(35-43-28-15-22-14-27(32(22,3)4)33(28,5)44-35)39-31(42)34(17-21-9-7-6-8-10-21)18-24(40-45-34)19-38-30(41)25-16-23(36)11-12-26(25)37/h6-12,16,20,22,27-29H,13-15,17-19H2,1-5H3,(H,38,41)(H,39,42)/t22-,27-,28+,29-,33-,34?/m0/s1. The molecule has 7 rings (SSSR count). The number of carbonyl (C=O) groups excluding carboxylic acids is 2. The number of carbonyl (C=O) groups is 2. The predicted molar refractivity (Wildman–Crippen MR) is 176 cm³/mol. The Labute approximate surface area is 276 Å². The van der Waals surface area contributed by atoms with Crippen LogP contribution >= 0.6 is 23.2 Å². The van der Waals surface area contributed by atoms with E-state index < -0.39 is 18.6 Å². The Kier molecular flexibility index (Phi) is 8.78. The molecule has 5 aliphatic rings. The first-order valence-electron chi connectivity index (χ1n) is 16.0. The summed E-state index contributed by atoms with van der Waals surface area (Å²) in [4.78, 5) is 33.3. The molecule has 0 aromatic heterocycles. The summed E-state index contributed by atoms with van der Waals surface area (Å²) >= 11 is 12.3. The summed E-state index contributed by atoms with van der Waals surface area (Å²) in [7, 11) is -0.557. The summed E-state index contributed by atoms with van der Waals surface area (Å²) in [6, 6.07) is 14.5. The van der Waals surface area contributed by atoms with E-state index in [-0.39, 0.29) is 53.4 Å². The van der Waals surface area contributed by atoms with Gasteiger partial charge in [-0.3, -0.25) is 9.59 Å². The van der Waals surface area contributed by atoms with Crippen LogP contribution in [-0.2, 0) is 25.4 Å². The fraction of sp³-hybridized carbons (Fsp3) is 0.559. The van der Waals surface area contributed by atoms with Gasteiger partial charge in [0.2, 0.25) is 5.60 Å². The van der Waals surface area contributed by atoms with E-state index in [4.69, 9.17) is 37.3 Å². The van der Waals surface area contributed by atoms with Crippen LogP contribution in [0.2, 0.25) is 10.0 Å². The van der Waals surface area contributed by atoms with Gasteiger partial charge in [0.05, 0.1) is 40.5 Å². The van der Waals surface area contributed by atoms with Gasteiger partial charge in [-0.2, -0.15) is 0 Å². The van der Waals surface area contributed by atoms with Crippen LogP contribution in [0.15, 0.2) is 53.7 Å². The van der Waals surface area contributed by atoms with Gasteiger partial charge in [0.15, 0.2) is 0 Å². The van der Waals surface area contributed by atoms with Gasteiger partial charge >= 0.3 is 7.12 Å². The van der Waals surface area contributed by atoms with Crippen molar-refractivity contribution in [3.8, 4) is 0 Å². The van der Waals surface area contributed by atoms with Gasteiger partial charge in [0.25, 0.3) is 11.8 Å². The minimum Gasteiger partial charge on any atom is -0.404 e. The van der Waals surface area contributed by atoms with Crippen molar-refractivity contribution in [1.29, 1.82) is 0 Å². The summed E-state index contributed by atoms with van der Waals surface area (Å²) < 4.78 is 13.4. The van der Waals surface area contributed by atoms with Crippen LogP contribution < -0.4 is 10.6 Å². The molecule has 0 spiro atoms. The van der Waals surface area contributed by atoms with Crippen LogP contribution in [0.1, 0.15) is 76.2 Å². The first-order chi connectivity index (χ1) is 21.3. The Hall–Kier alpha value is -2.59. The maximum atomic E-state index is 14.3. The zero-order chi connectivity index (χ0) is 32.1. The van der Waals surface area contributed by atoms with Crippen molar-refractivity contribution >= 4 is 47.8 Å². The molecular formula is C34H42BCl2N3O5. The van der Waals surface area contributed by atoms with Gasteiger partial charge in [-0.25, -0.2) is 0 Å². The fourth-order valence-corrected chi connectivity index (χ4v) is 8.30. The van der Waals surface area contributed by atoms with E-state index in [2.05, 4.69) is 50.4 Å². The first-order valence-corrected chi connectivity index (χ1v) is 16.7. The molecule has 6 atom stereocenters. The van der Waals surface area contributed by atoms with E-state index >= 15 is 0 Å². The second kappa shape index (κ2) is 12.2. The van der Waals surface area contributed by atoms with Crippen molar-refractivity contribution in [2.24, 2.45) is 28.3 Å². The summed E-state index contributed by atoms with van der Waals surface area (Å²) in [5, 5.41) is 11.1. The number of hydrogen-bond acceptors (Lipinski definition) is 6. The third kappa shape index (κ3) is 6.13. The average Bonchev–Trinajstić information content (AvgIpc) is 3.58. The number of halogens is 2. The predicted octanol–water partition coefficient (Wildman–Crippen LogP) is 6.28. The molecule has 2 aliphatic heterocycles. The van der Waals surface area contributed by atoms with Gasteiger partial charge in [-0.1, -0.05) is 86.4 Å². The van der Waals surface area contributed by atoms with Crippen LogP contribution in [0.5, 0.6) is 0 Å². The Morgan fingerprint density at radius 2 is 1.84 bits per heavy atom. The molecule has 2 heterocycles. The Balaban J connectivity index is 1.18. The molecule has 2 bridgehead atoms. The molecular weight excluding hydrogens is 612 g/mol. The van der Waals surface area contributed by atoms with Crippen molar-refractivity contribution in [3.05, 3.63) is 69.7 Å². The zero-order valence-corrected chi connectivity index (χ0v) is 28.1. The van der Waals surface area contributed by atoms with Crippen molar-refractivity contribution in [1.82, 2.24) is 10.6 Å². The SMILES string of the molecule is CC(C)C[C@H](NC(=O)C1(Cc2ccccc2)CC(CNC(=O)c2cc(Cl)ccc2Cl)=NO1)B1O[C@@H]2C[C@@H]3C[C@@H](C3(C)C)[C@]2(C)O1. The van der Waals surface area contributed by atoms with Gasteiger partial charge < -0.3 is 24.8 Å². The quantitative estimate of drug-likeness (QED) is 0.294. The van der Waals surface area contributed by atoms with E-state index in [1.54, 1.807) is 12.1 Å². The Morgan fingerprint density at radius 3 is 2.56 bits per heavy atom. The zero-order valence-electron chi connectivity index (χ0n) is 26.6. The largest absolute Gasteiger partial charge is 0.481 e. The molecule has 3 saturated carbocycles. The molecule has 2 aromatic rings. The average molecular weight is 654 g/mol. The lowest BCUT2D eigenvalue weighted by atomic mass is 9.43. The minimum atomic E-state index is -1.30. The molecule has 2 aromatic carbocycles. The first kappa shape index (κ1) is 32.4. The van der Waals surface area contributed by atoms with Crippen molar-refractivity contribution in [2.75, 3.05) is 6.54 Å². The topological polar surface area (TPSA) is 98.3 Å². The second-order valence-electron chi connectivity index (χ2n) is 14.4. The summed E-state index contributed by atoms with van der Waals surface area (Å²) in [6.07, 6.45) is 3.34. The van der Waals surface area contributed by atoms with Crippen LogP contribution in [0, 0.1) is 23.2 Å². The molecule has 11 heteroatoms. The normalized spacial score (nSPS) is 30.2. The number of rotatable bonds is 10. The highest BCUT2D eigenvalue weighted by molar-refractivity contribution is 6.48.